The van der Waals surface area contributed by atoms with E-state index in [0.717, 1.165) is 6.34 Å². The van der Waals surface area contributed by atoms with Crippen LogP contribution in [0, 0.1) is 16.2 Å². The number of hydrogen-bond acceptors (Lipinski definition) is 3. The lowest BCUT2D eigenvalue weighted by molar-refractivity contribution is 1.31. The van der Waals surface area contributed by atoms with Crippen LogP contribution < -0.4 is 5.32 Å². The molecule has 4 nitrogen and oxygen atoms in total. The van der Waals surface area contributed by atoms with Gasteiger partial charge < -0.3 is 10.7 Å². The summed E-state index contributed by atoms with van der Waals surface area (Å²) in [5.41, 5.74) is 0.386. The lowest BCUT2D eigenvalue weighted by atomic mass is 10.3. The zero-order valence-corrected chi connectivity index (χ0v) is 5.73. The first-order chi connectivity index (χ1) is 4.66. The molecule has 0 aromatic rings. The summed E-state index contributed by atoms with van der Waals surface area (Å²) in [6.45, 7) is 1.62. The van der Waals surface area contributed by atoms with Gasteiger partial charge in [0.05, 0.1) is 6.34 Å². The number of amidine groups is 1. The molecule has 0 aliphatic heterocycles. The van der Waals surface area contributed by atoms with E-state index in [9.17, 15) is 0 Å². The fraction of sp³-hybridized carbons (Fsp3) is 0.167. The zero-order valence-electron chi connectivity index (χ0n) is 5.73. The first-order valence-corrected chi connectivity index (χ1v) is 2.74. The van der Waals surface area contributed by atoms with E-state index in [-0.39, 0.29) is 5.84 Å². The highest BCUT2D eigenvalue weighted by Crippen LogP contribution is 1.75. The van der Waals surface area contributed by atoms with Crippen molar-refractivity contribution in [3.8, 4) is 0 Å². The smallest absolute Gasteiger partial charge is 0.123 e. The number of allylic oxidation sites excluding steroid dienone is 1. The van der Waals surface area contributed by atoms with Crippen LogP contribution in [0.5, 0.6) is 0 Å². The second-order valence-corrected chi connectivity index (χ2v) is 1.72. The second-order valence-electron chi connectivity index (χ2n) is 1.72. The SMILES string of the molecule is CC(=N)/C=C\C(=N)NC=N. The topological polar surface area (TPSA) is 83.6 Å². The molecule has 0 aromatic heterocycles. The summed E-state index contributed by atoms with van der Waals surface area (Å²) in [6, 6.07) is 0. The van der Waals surface area contributed by atoms with E-state index < -0.39 is 0 Å². The summed E-state index contributed by atoms with van der Waals surface area (Å²) in [5, 5.41) is 22.9. The van der Waals surface area contributed by atoms with Gasteiger partial charge in [-0.3, -0.25) is 10.8 Å². The average molecular weight is 138 g/mol. The van der Waals surface area contributed by atoms with Gasteiger partial charge in [0, 0.05) is 5.71 Å². The summed E-state index contributed by atoms with van der Waals surface area (Å²) < 4.78 is 0. The van der Waals surface area contributed by atoms with Gasteiger partial charge in [-0.05, 0) is 19.1 Å². The Morgan fingerprint density at radius 1 is 1.30 bits per heavy atom. The first kappa shape index (κ1) is 8.55. The molecule has 0 amide bonds. The number of rotatable bonds is 3. The molecule has 0 aromatic carbocycles. The standard InChI is InChI=1S/C6H10N4/c1-5(8)2-3-6(9)10-4-7/h2-4,8H,1H3,(H3,7,9,10)/b3-2-,8-5?. The monoisotopic (exact) mass is 138 g/mol. The summed E-state index contributed by atoms with van der Waals surface area (Å²) in [5.74, 6) is 0.113. The van der Waals surface area contributed by atoms with Gasteiger partial charge in [0.2, 0.25) is 0 Å². The van der Waals surface area contributed by atoms with Crippen LogP contribution >= 0.6 is 0 Å². The van der Waals surface area contributed by atoms with Gasteiger partial charge >= 0.3 is 0 Å². The van der Waals surface area contributed by atoms with Gasteiger partial charge in [-0.25, -0.2) is 0 Å². The number of nitrogens with one attached hydrogen (secondary N) is 4. The Labute approximate surface area is 59.5 Å². The lowest BCUT2D eigenvalue weighted by Crippen LogP contribution is -2.17. The summed E-state index contributed by atoms with van der Waals surface area (Å²) in [4.78, 5) is 0. The average Bonchev–Trinajstić information content (AvgIpc) is 1.85. The summed E-state index contributed by atoms with van der Waals surface area (Å²) >= 11 is 0. The predicted molar refractivity (Wildman–Crippen MR) is 42.2 cm³/mol. The first-order valence-electron chi connectivity index (χ1n) is 2.74. The van der Waals surface area contributed by atoms with Crippen LogP contribution in [0.1, 0.15) is 6.92 Å². The van der Waals surface area contributed by atoms with E-state index in [1.807, 2.05) is 0 Å². The van der Waals surface area contributed by atoms with Crippen LogP contribution in [0.25, 0.3) is 0 Å². The predicted octanol–water partition coefficient (Wildman–Crippen LogP) is 0.756. The number of hydrogen-bond donors (Lipinski definition) is 4. The van der Waals surface area contributed by atoms with E-state index in [4.69, 9.17) is 16.2 Å². The lowest BCUT2D eigenvalue weighted by Gasteiger charge is -1.91. The quantitative estimate of drug-likeness (QED) is 0.337. The summed E-state index contributed by atoms with van der Waals surface area (Å²) in [6.07, 6.45) is 3.83. The Bertz CT molecular complexity index is 180. The molecule has 0 heterocycles. The van der Waals surface area contributed by atoms with Crippen LogP contribution in [-0.2, 0) is 0 Å². The van der Waals surface area contributed by atoms with Crippen molar-refractivity contribution in [3.63, 3.8) is 0 Å². The molecule has 0 saturated heterocycles. The third-order valence-electron chi connectivity index (χ3n) is 0.728. The van der Waals surface area contributed by atoms with Gasteiger partial charge in [0.1, 0.15) is 5.84 Å². The molecule has 0 saturated carbocycles. The van der Waals surface area contributed by atoms with Crippen molar-refractivity contribution >= 4 is 17.9 Å². The molecular weight excluding hydrogens is 128 g/mol. The third-order valence-corrected chi connectivity index (χ3v) is 0.728. The molecule has 54 valence electrons. The fourth-order valence-corrected chi connectivity index (χ4v) is 0.334. The van der Waals surface area contributed by atoms with E-state index >= 15 is 0 Å². The molecule has 0 rings (SSSR count). The van der Waals surface area contributed by atoms with Crippen molar-refractivity contribution in [3.05, 3.63) is 12.2 Å². The molecule has 0 aliphatic rings. The maximum absolute atomic E-state index is 7.04. The van der Waals surface area contributed by atoms with E-state index in [2.05, 4.69) is 5.32 Å². The largest absolute Gasteiger partial charge is 0.332 e. The molecule has 4 N–H and O–H groups in total. The van der Waals surface area contributed by atoms with E-state index in [0.29, 0.717) is 5.71 Å². The highest BCUT2D eigenvalue weighted by atomic mass is 14.9. The minimum Gasteiger partial charge on any atom is -0.332 e. The van der Waals surface area contributed by atoms with Crippen molar-refractivity contribution < 1.29 is 0 Å². The van der Waals surface area contributed by atoms with Crippen molar-refractivity contribution in [1.29, 1.82) is 16.2 Å². The molecule has 10 heavy (non-hydrogen) atoms. The van der Waals surface area contributed by atoms with Gasteiger partial charge in [-0.15, -0.1) is 0 Å². The molecule has 0 atom stereocenters. The molecule has 0 spiro atoms. The minimum absolute atomic E-state index is 0.113. The maximum Gasteiger partial charge on any atom is 0.123 e. The zero-order chi connectivity index (χ0) is 7.98. The molecule has 4 heteroatoms. The molecule has 0 unspecified atom stereocenters. The normalized spacial score (nSPS) is 9.30. The Morgan fingerprint density at radius 2 is 1.90 bits per heavy atom. The van der Waals surface area contributed by atoms with Crippen molar-refractivity contribution in [2.75, 3.05) is 0 Å². The van der Waals surface area contributed by atoms with Gasteiger partial charge in [0.25, 0.3) is 0 Å². The van der Waals surface area contributed by atoms with Crippen LogP contribution in [-0.4, -0.2) is 17.9 Å². The van der Waals surface area contributed by atoms with Crippen molar-refractivity contribution in [2.24, 2.45) is 0 Å². The fourth-order valence-electron chi connectivity index (χ4n) is 0.334. The van der Waals surface area contributed by atoms with Gasteiger partial charge in [0.15, 0.2) is 0 Å². The van der Waals surface area contributed by atoms with Crippen molar-refractivity contribution in [2.45, 2.75) is 6.92 Å². The Kier molecular flexibility index (Phi) is 3.79. The molecular formula is C6H10N4. The maximum atomic E-state index is 7.04. The van der Waals surface area contributed by atoms with Gasteiger partial charge in [-0.1, -0.05) is 0 Å². The minimum atomic E-state index is 0.113. The second kappa shape index (κ2) is 4.43. The third kappa shape index (κ3) is 4.70. The van der Waals surface area contributed by atoms with Crippen LogP contribution in [0.4, 0.5) is 0 Å². The highest BCUT2D eigenvalue weighted by Gasteiger charge is 1.83. The van der Waals surface area contributed by atoms with Crippen LogP contribution in [0.3, 0.4) is 0 Å². The van der Waals surface area contributed by atoms with E-state index in [1.54, 1.807) is 6.92 Å². The molecule has 0 aliphatic carbocycles. The van der Waals surface area contributed by atoms with Gasteiger partial charge in [-0.2, -0.15) is 0 Å². The Balaban J connectivity index is 3.77. The highest BCUT2D eigenvalue weighted by molar-refractivity contribution is 6.02. The van der Waals surface area contributed by atoms with Crippen molar-refractivity contribution in [1.82, 2.24) is 5.32 Å². The molecule has 0 radical (unpaired) electrons. The van der Waals surface area contributed by atoms with Crippen LogP contribution in [0.15, 0.2) is 12.2 Å². The Hall–Kier alpha value is -1.45. The Morgan fingerprint density at radius 3 is 2.30 bits per heavy atom. The molecule has 0 bridgehead atoms. The summed E-state index contributed by atoms with van der Waals surface area (Å²) in [7, 11) is 0. The van der Waals surface area contributed by atoms with Crippen LogP contribution in [0.2, 0.25) is 0 Å². The molecule has 0 fully saturated rings. The van der Waals surface area contributed by atoms with E-state index in [1.165, 1.54) is 12.2 Å².